The molecular weight excluding hydrogens is 180 g/mol. The van der Waals surface area contributed by atoms with Crippen molar-refractivity contribution in [3.8, 4) is 11.1 Å². The average molecular weight is 189 g/mol. The van der Waals surface area contributed by atoms with E-state index in [1.165, 1.54) is 5.56 Å². The number of fused-ring (bicyclic) bond motifs is 1. The largest absolute Gasteiger partial charge is 0.300 e. The SMILES string of the molecule is CC(=O)Cc1sccc2[c]ccc1-2. The third kappa shape index (κ3) is 1.63. The lowest BCUT2D eigenvalue weighted by molar-refractivity contribution is -0.116. The fourth-order valence-corrected chi connectivity index (χ4v) is 2.33. The number of hydrogen-bond acceptors (Lipinski definition) is 2. The zero-order chi connectivity index (χ0) is 9.26. The van der Waals surface area contributed by atoms with Crippen LogP contribution in [0.15, 0.2) is 23.6 Å². The fourth-order valence-electron chi connectivity index (χ4n) is 1.37. The monoisotopic (exact) mass is 189 g/mol. The van der Waals surface area contributed by atoms with E-state index in [2.05, 4.69) is 6.07 Å². The molecule has 0 saturated carbocycles. The molecule has 1 aliphatic heterocycles. The van der Waals surface area contributed by atoms with Gasteiger partial charge in [0.15, 0.2) is 0 Å². The average Bonchev–Trinajstić information content (AvgIpc) is 2.51. The maximum absolute atomic E-state index is 11.0. The smallest absolute Gasteiger partial charge is 0.135 e. The first-order chi connectivity index (χ1) is 6.27. The normalized spacial score (nSPS) is 10.5. The number of carbonyl (C=O) groups excluding carboxylic acids is 1. The van der Waals surface area contributed by atoms with E-state index in [0.717, 1.165) is 10.4 Å². The summed E-state index contributed by atoms with van der Waals surface area (Å²) < 4.78 is 0. The predicted octanol–water partition coefficient (Wildman–Crippen LogP) is 2.78. The Balaban J connectivity index is 2.46. The molecule has 1 nitrogen and oxygen atoms in total. The lowest BCUT2D eigenvalue weighted by Gasteiger charge is -2.03. The first-order valence-electron chi connectivity index (χ1n) is 4.13. The molecule has 0 aromatic carbocycles. The van der Waals surface area contributed by atoms with Gasteiger partial charge in [-0.15, -0.1) is 11.3 Å². The minimum atomic E-state index is 0.213. The molecule has 0 unspecified atom stereocenters. The van der Waals surface area contributed by atoms with E-state index in [4.69, 9.17) is 0 Å². The molecule has 0 aromatic heterocycles. The van der Waals surface area contributed by atoms with Gasteiger partial charge in [-0.1, -0.05) is 12.1 Å². The van der Waals surface area contributed by atoms with Crippen molar-refractivity contribution in [3.05, 3.63) is 34.5 Å². The maximum Gasteiger partial charge on any atom is 0.135 e. The molecule has 2 rings (SSSR count). The molecule has 0 atom stereocenters. The number of hydrogen-bond donors (Lipinski definition) is 0. The quantitative estimate of drug-likeness (QED) is 0.710. The van der Waals surface area contributed by atoms with Gasteiger partial charge in [0.2, 0.25) is 0 Å². The lowest BCUT2D eigenvalue weighted by Crippen LogP contribution is -1.96. The van der Waals surface area contributed by atoms with E-state index in [1.54, 1.807) is 18.3 Å². The summed E-state index contributed by atoms with van der Waals surface area (Å²) in [7, 11) is 0. The van der Waals surface area contributed by atoms with E-state index < -0.39 is 0 Å². The van der Waals surface area contributed by atoms with Gasteiger partial charge in [0, 0.05) is 11.3 Å². The van der Waals surface area contributed by atoms with Gasteiger partial charge in [0.25, 0.3) is 0 Å². The summed E-state index contributed by atoms with van der Waals surface area (Å²) in [6.07, 6.45) is 0.542. The first-order valence-corrected chi connectivity index (χ1v) is 5.01. The Morgan fingerprint density at radius 2 is 2.38 bits per heavy atom. The van der Waals surface area contributed by atoms with Gasteiger partial charge in [-0.25, -0.2) is 0 Å². The van der Waals surface area contributed by atoms with Crippen LogP contribution in [0.2, 0.25) is 0 Å². The second-order valence-electron chi connectivity index (χ2n) is 3.03. The molecule has 0 fully saturated rings. The predicted molar refractivity (Wildman–Crippen MR) is 54.2 cm³/mol. The molecule has 65 valence electrons. The molecule has 0 spiro atoms. The second-order valence-corrected chi connectivity index (χ2v) is 4.03. The van der Waals surface area contributed by atoms with Crippen molar-refractivity contribution in [2.75, 3.05) is 0 Å². The van der Waals surface area contributed by atoms with E-state index >= 15 is 0 Å². The second kappa shape index (κ2) is 3.30. The van der Waals surface area contributed by atoms with E-state index in [-0.39, 0.29) is 5.78 Å². The van der Waals surface area contributed by atoms with E-state index in [1.807, 2.05) is 23.6 Å². The van der Waals surface area contributed by atoms with Crippen LogP contribution in [0.4, 0.5) is 0 Å². The van der Waals surface area contributed by atoms with Gasteiger partial charge in [0.05, 0.1) is 0 Å². The standard InChI is InChI=1S/C11H9OS/c1-8(12)7-11-10-4-2-3-9(10)5-6-13-11/h2,4-6H,7H2,1H3. The van der Waals surface area contributed by atoms with Crippen molar-refractivity contribution in [2.24, 2.45) is 0 Å². The molecule has 0 saturated heterocycles. The molecule has 0 bridgehead atoms. The van der Waals surface area contributed by atoms with Crippen LogP contribution in [0.5, 0.6) is 0 Å². The van der Waals surface area contributed by atoms with Crippen LogP contribution in [0.1, 0.15) is 11.8 Å². The van der Waals surface area contributed by atoms with Crippen molar-refractivity contribution in [3.63, 3.8) is 0 Å². The van der Waals surface area contributed by atoms with Crippen LogP contribution < -0.4 is 0 Å². The molecule has 2 aliphatic rings. The summed E-state index contributed by atoms with van der Waals surface area (Å²) in [5.41, 5.74) is 2.28. The molecule has 1 radical (unpaired) electrons. The van der Waals surface area contributed by atoms with Gasteiger partial charge >= 0.3 is 0 Å². The van der Waals surface area contributed by atoms with E-state index in [9.17, 15) is 4.79 Å². The number of Topliss-reactive ketones (excluding diaryl/α,β-unsaturated/α-hetero) is 1. The molecule has 0 amide bonds. The highest BCUT2D eigenvalue weighted by Crippen LogP contribution is 2.29. The van der Waals surface area contributed by atoms with Gasteiger partial charge in [0.1, 0.15) is 5.78 Å². The van der Waals surface area contributed by atoms with Crippen LogP contribution >= 0.6 is 11.3 Å². The van der Waals surface area contributed by atoms with Crippen molar-refractivity contribution in [1.82, 2.24) is 0 Å². The molecular formula is C11H9OS. The Labute approximate surface area is 81.4 Å². The fraction of sp³-hybridized carbons (Fsp3) is 0.182. The Bertz CT molecular complexity index is 403. The van der Waals surface area contributed by atoms with Gasteiger partial charge < -0.3 is 0 Å². The van der Waals surface area contributed by atoms with Gasteiger partial charge in [-0.2, -0.15) is 0 Å². The Hall–Kier alpha value is -1.15. The summed E-state index contributed by atoms with van der Waals surface area (Å²) >= 11 is 1.63. The zero-order valence-electron chi connectivity index (χ0n) is 7.33. The lowest BCUT2D eigenvalue weighted by atomic mass is 10.1. The molecule has 1 aliphatic carbocycles. The van der Waals surface area contributed by atoms with Crippen LogP contribution in [0.25, 0.3) is 11.1 Å². The molecule has 0 aromatic rings. The Kier molecular flexibility index (Phi) is 2.15. The summed E-state index contributed by atoms with van der Waals surface area (Å²) in [6.45, 7) is 1.62. The van der Waals surface area contributed by atoms with Gasteiger partial charge in [-0.05, 0) is 35.6 Å². The third-order valence-corrected chi connectivity index (χ3v) is 2.85. The van der Waals surface area contributed by atoms with Crippen LogP contribution in [-0.4, -0.2) is 5.78 Å². The van der Waals surface area contributed by atoms with Crippen LogP contribution in [-0.2, 0) is 11.2 Å². The topological polar surface area (TPSA) is 17.1 Å². The number of ketones is 1. The van der Waals surface area contributed by atoms with Crippen molar-refractivity contribution < 1.29 is 4.79 Å². The maximum atomic E-state index is 11.0. The highest BCUT2D eigenvalue weighted by Gasteiger charge is 2.09. The Morgan fingerprint density at radius 1 is 1.54 bits per heavy atom. The Morgan fingerprint density at radius 3 is 3.15 bits per heavy atom. The summed E-state index contributed by atoms with van der Waals surface area (Å²) in [4.78, 5) is 12.1. The highest BCUT2D eigenvalue weighted by molar-refractivity contribution is 7.10. The third-order valence-electron chi connectivity index (χ3n) is 1.93. The number of rotatable bonds is 2. The molecule has 2 heteroatoms. The summed E-state index contributed by atoms with van der Waals surface area (Å²) in [5, 5.41) is 2.01. The van der Waals surface area contributed by atoms with Crippen molar-refractivity contribution in [2.45, 2.75) is 13.3 Å². The highest BCUT2D eigenvalue weighted by atomic mass is 32.1. The minimum Gasteiger partial charge on any atom is -0.300 e. The summed E-state index contributed by atoms with van der Waals surface area (Å²) in [5.74, 6) is 0.213. The van der Waals surface area contributed by atoms with Crippen LogP contribution in [0.3, 0.4) is 0 Å². The van der Waals surface area contributed by atoms with E-state index in [0.29, 0.717) is 6.42 Å². The van der Waals surface area contributed by atoms with Crippen molar-refractivity contribution >= 4 is 17.1 Å². The molecule has 0 N–H and O–H groups in total. The zero-order valence-corrected chi connectivity index (χ0v) is 8.15. The van der Waals surface area contributed by atoms with Gasteiger partial charge in [-0.3, -0.25) is 4.79 Å². The molecule has 1 heterocycles. The minimum absolute atomic E-state index is 0.213. The molecule has 13 heavy (non-hydrogen) atoms. The van der Waals surface area contributed by atoms with Crippen molar-refractivity contribution in [1.29, 1.82) is 0 Å². The summed E-state index contributed by atoms with van der Waals surface area (Å²) in [6, 6.07) is 9.08. The van der Waals surface area contributed by atoms with Crippen LogP contribution in [0, 0.1) is 6.07 Å². The number of carbonyl (C=O) groups is 1. The first kappa shape index (κ1) is 8.45.